The fourth-order valence-electron chi connectivity index (χ4n) is 1.16. The molecule has 1 unspecified atom stereocenters. The second kappa shape index (κ2) is 5.70. The van der Waals surface area contributed by atoms with Gasteiger partial charge in [-0.3, -0.25) is 0 Å². The predicted molar refractivity (Wildman–Crippen MR) is 62.1 cm³/mol. The fourth-order valence-corrected chi connectivity index (χ4v) is 2.02. The van der Waals surface area contributed by atoms with E-state index in [1.807, 2.05) is 20.0 Å². The summed E-state index contributed by atoms with van der Waals surface area (Å²) in [6, 6.07) is -0.167. The van der Waals surface area contributed by atoms with Crippen molar-refractivity contribution in [2.75, 3.05) is 6.54 Å². The number of hydrogen-bond acceptors (Lipinski definition) is 3. The molecule has 0 bridgehead atoms. The molecule has 0 aliphatic carbocycles. The van der Waals surface area contributed by atoms with Crippen LogP contribution >= 0.6 is 11.3 Å². The number of urea groups is 1. The highest BCUT2D eigenvalue weighted by molar-refractivity contribution is 7.11. The van der Waals surface area contributed by atoms with Gasteiger partial charge in [0, 0.05) is 17.6 Å². The predicted octanol–water partition coefficient (Wildman–Crippen LogP) is 2.09. The summed E-state index contributed by atoms with van der Waals surface area (Å²) >= 11 is 1.65. The largest absolute Gasteiger partial charge is 0.338 e. The maximum absolute atomic E-state index is 11.3. The first-order valence-electron chi connectivity index (χ1n) is 5.16. The highest BCUT2D eigenvalue weighted by Crippen LogP contribution is 2.19. The van der Waals surface area contributed by atoms with E-state index < -0.39 is 0 Å². The first kappa shape index (κ1) is 12.0. The third kappa shape index (κ3) is 3.51. The van der Waals surface area contributed by atoms with Crippen LogP contribution in [0.3, 0.4) is 0 Å². The van der Waals surface area contributed by atoms with Crippen LogP contribution in [0.5, 0.6) is 0 Å². The van der Waals surface area contributed by atoms with Crippen LogP contribution < -0.4 is 10.6 Å². The lowest BCUT2D eigenvalue weighted by molar-refractivity contribution is 0.238. The van der Waals surface area contributed by atoms with E-state index in [0.29, 0.717) is 6.54 Å². The highest BCUT2D eigenvalue weighted by Gasteiger charge is 2.11. The summed E-state index contributed by atoms with van der Waals surface area (Å²) in [7, 11) is 0. The summed E-state index contributed by atoms with van der Waals surface area (Å²) in [5.41, 5.74) is 0. The number of nitrogens with one attached hydrogen (secondary N) is 2. The Morgan fingerprint density at radius 2 is 2.33 bits per heavy atom. The van der Waals surface area contributed by atoms with E-state index in [2.05, 4.69) is 22.5 Å². The van der Waals surface area contributed by atoms with E-state index in [4.69, 9.17) is 0 Å². The molecule has 0 spiro atoms. The number of carbonyl (C=O) groups is 1. The summed E-state index contributed by atoms with van der Waals surface area (Å²) in [4.78, 5) is 16.8. The smallest absolute Gasteiger partial charge is 0.315 e. The maximum Gasteiger partial charge on any atom is 0.315 e. The number of aromatic nitrogens is 1. The van der Waals surface area contributed by atoms with Crippen LogP contribution in [0.25, 0.3) is 0 Å². The molecule has 0 saturated heterocycles. The van der Waals surface area contributed by atoms with Gasteiger partial charge in [0.1, 0.15) is 5.01 Å². The molecule has 0 aliphatic rings. The van der Waals surface area contributed by atoms with Gasteiger partial charge in [-0.15, -0.1) is 11.3 Å². The van der Waals surface area contributed by atoms with Crippen molar-refractivity contribution in [3.8, 4) is 0 Å². The molecule has 0 saturated carbocycles. The van der Waals surface area contributed by atoms with Gasteiger partial charge < -0.3 is 10.6 Å². The van der Waals surface area contributed by atoms with Crippen LogP contribution in [0.2, 0.25) is 0 Å². The summed E-state index contributed by atoms with van der Waals surface area (Å²) in [6.45, 7) is 6.56. The first-order chi connectivity index (χ1) is 7.17. The van der Waals surface area contributed by atoms with E-state index in [0.717, 1.165) is 11.4 Å². The number of thiazole rings is 1. The Hall–Kier alpha value is -1.10. The number of rotatable bonds is 4. The summed E-state index contributed by atoms with van der Waals surface area (Å²) < 4.78 is 0. The van der Waals surface area contributed by atoms with Crippen LogP contribution in [0.4, 0.5) is 4.79 Å². The molecule has 1 aromatic heterocycles. The zero-order chi connectivity index (χ0) is 11.3. The van der Waals surface area contributed by atoms with E-state index in [-0.39, 0.29) is 12.1 Å². The summed E-state index contributed by atoms with van der Waals surface area (Å²) in [5.74, 6) is 0. The van der Waals surface area contributed by atoms with Crippen LogP contribution in [-0.4, -0.2) is 17.6 Å². The highest BCUT2D eigenvalue weighted by atomic mass is 32.1. The monoisotopic (exact) mass is 227 g/mol. The van der Waals surface area contributed by atoms with E-state index in [1.165, 1.54) is 4.88 Å². The minimum atomic E-state index is -0.141. The van der Waals surface area contributed by atoms with Gasteiger partial charge in [0.05, 0.1) is 6.04 Å². The van der Waals surface area contributed by atoms with Crippen molar-refractivity contribution in [2.24, 2.45) is 0 Å². The zero-order valence-electron chi connectivity index (χ0n) is 9.33. The molecule has 15 heavy (non-hydrogen) atoms. The lowest BCUT2D eigenvalue weighted by atomic mass is 10.3. The molecule has 1 rings (SSSR count). The lowest BCUT2D eigenvalue weighted by Crippen LogP contribution is -2.36. The Labute approximate surface area is 94.1 Å². The number of carbonyl (C=O) groups excluding carboxylic acids is 1. The van der Waals surface area contributed by atoms with Crippen molar-refractivity contribution >= 4 is 17.4 Å². The lowest BCUT2D eigenvalue weighted by Gasteiger charge is -2.11. The Balaban J connectivity index is 2.52. The van der Waals surface area contributed by atoms with Crippen LogP contribution in [0, 0.1) is 0 Å². The topological polar surface area (TPSA) is 54.0 Å². The maximum atomic E-state index is 11.3. The molecule has 84 valence electrons. The molecule has 1 heterocycles. The van der Waals surface area contributed by atoms with Crippen molar-refractivity contribution in [2.45, 2.75) is 33.2 Å². The van der Waals surface area contributed by atoms with Crippen molar-refractivity contribution in [3.05, 3.63) is 16.1 Å². The van der Waals surface area contributed by atoms with Gasteiger partial charge >= 0.3 is 6.03 Å². The molecule has 1 aromatic rings. The van der Waals surface area contributed by atoms with Gasteiger partial charge in [0.15, 0.2) is 0 Å². The van der Waals surface area contributed by atoms with Gasteiger partial charge in [-0.05, 0) is 20.3 Å². The molecule has 0 fully saturated rings. The second-order valence-corrected chi connectivity index (χ2v) is 4.39. The Morgan fingerprint density at radius 3 is 2.87 bits per heavy atom. The van der Waals surface area contributed by atoms with Crippen LogP contribution in [0.1, 0.15) is 36.7 Å². The average molecular weight is 227 g/mol. The molecule has 4 nitrogen and oxygen atoms in total. The van der Waals surface area contributed by atoms with Gasteiger partial charge in [0.25, 0.3) is 0 Å². The molecular weight excluding hydrogens is 210 g/mol. The quantitative estimate of drug-likeness (QED) is 0.827. The Bertz CT molecular complexity index is 324. The molecule has 2 N–H and O–H groups in total. The normalized spacial score (nSPS) is 12.2. The minimum absolute atomic E-state index is 0.0261. The van der Waals surface area contributed by atoms with E-state index in [1.54, 1.807) is 11.3 Å². The van der Waals surface area contributed by atoms with Gasteiger partial charge in [-0.2, -0.15) is 0 Å². The van der Waals surface area contributed by atoms with Crippen molar-refractivity contribution < 1.29 is 4.79 Å². The third-order valence-corrected chi connectivity index (χ3v) is 3.30. The van der Waals surface area contributed by atoms with Gasteiger partial charge in [-0.25, -0.2) is 9.78 Å². The SMILES string of the molecule is CCNC(=O)NC(C)c1ncc(CC)s1. The average Bonchev–Trinajstić information content (AvgIpc) is 2.66. The number of hydrogen-bond donors (Lipinski definition) is 2. The molecule has 1 atom stereocenters. The fraction of sp³-hybridized carbons (Fsp3) is 0.600. The summed E-state index contributed by atoms with van der Waals surface area (Å²) in [5, 5.41) is 6.48. The molecule has 5 heteroatoms. The molecule has 0 aromatic carbocycles. The Morgan fingerprint density at radius 1 is 1.60 bits per heavy atom. The molecule has 0 radical (unpaired) electrons. The van der Waals surface area contributed by atoms with Crippen molar-refractivity contribution in [1.82, 2.24) is 15.6 Å². The molecular formula is C10H17N3OS. The first-order valence-corrected chi connectivity index (χ1v) is 5.98. The van der Waals surface area contributed by atoms with E-state index in [9.17, 15) is 4.79 Å². The minimum Gasteiger partial charge on any atom is -0.338 e. The summed E-state index contributed by atoms with van der Waals surface area (Å²) in [6.07, 6.45) is 2.86. The van der Waals surface area contributed by atoms with Crippen LogP contribution in [0.15, 0.2) is 6.20 Å². The van der Waals surface area contributed by atoms with Gasteiger partial charge in [0.2, 0.25) is 0 Å². The van der Waals surface area contributed by atoms with Crippen LogP contribution in [-0.2, 0) is 6.42 Å². The number of amides is 2. The van der Waals surface area contributed by atoms with Crippen molar-refractivity contribution in [1.29, 1.82) is 0 Å². The second-order valence-electron chi connectivity index (χ2n) is 3.24. The molecule has 0 aliphatic heterocycles. The third-order valence-electron chi connectivity index (χ3n) is 1.98. The Kier molecular flexibility index (Phi) is 4.55. The molecule has 2 amide bonds. The standard InChI is InChI=1S/C10H17N3OS/c1-4-8-6-12-9(15-8)7(3)13-10(14)11-5-2/h6-7H,4-5H2,1-3H3,(H2,11,13,14). The van der Waals surface area contributed by atoms with E-state index >= 15 is 0 Å². The number of aryl methyl sites for hydroxylation is 1. The van der Waals surface area contributed by atoms with Gasteiger partial charge in [-0.1, -0.05) is 6.92 Å². The zero-order valence-corrected chi connectivity index (χ0v) is 10.1. The van der Waals surface area contributed by atoms with Crippen molar-refractivity contribution in [3.63, 3.8) is 0 Å². The number of nitrogens with zero attached hydrogens (tertiary/aromatic N) is 1.